The molecule has 3 N–H and O–H groups in total. The van der Waals surface area contributed by atoms with Gasteiger partial charge in [-0.3, -0.25) is 4.79 Å². The van der Waals surface area contributed by atoms with Gasteiger partial charge in [-0.15, -0.1) is 0 Å². The maximum Gasteiger partial charge on any atom is 0.248 e. The fourth-order valence-corrected chi connectivity index (χ4v) is 2.74. The fraction of sp³-hybridized carbons (Fsp3) is 0.267. The van der Waals surface area contributed by atoms with E-state index in [1.807, 2.05) is 6.07 Å². The lowest BCUT2D eigenvalue weighted by Crippen LogP contribution is -2.32. The maximum atomic E-state index is 12.0. The van der Waals surface area contributed by atoms with Gasteiger partial charge in [-0.2, -0.15) is 10.1 Å². The lowest BCUT2D eigenvalue weighted by Gasteiger charge is -2.28. The molecule has 0 spiro atoms. The second-order valence-electron chi connectivity index (χ2n) is 5.07. The number of rotatable bonds is 4. The topological polar surface area (TPSA) is 104 Å². The predicted octanol–water partition coefficient (Wildman–Crippen LogP) is 1.07. The van der Waals surface area contributed by atoms with Crippen LogP contribution in [0.15, 0.2) is 35.8 Å². The minimum Gasteiger partial charge on any atom is -0.497 e. The van der Waals surface area contributed by atoms with Gasteiger partial charge in [0.1, 0.15) is 23.9 Å². The molecule has 0 bridgehead atoms. The average molecular weight is 315 g/mol. The van der Waals surface area contributed by atoms with Crippen LogP contribution in [0, 0.1) is 0 Å². The molecular weight excluding hydrogens is 298 g/mol. The van der Waals surface area contributed by atoms with Gasteiger partial charge < -0.3 is 20.5 Å². The molecule has 120 valence electrons. The van der Waals surface area contributed by atoms with E-state index in [2.05, 4.69) is 15.4 Å². The molecule has 1 aliphatic heterocycles. The minimum atomic E-state index is -0.529. The molecule has 3 rings (SSSR count). The van der Waals surface area contributed by atoms with Crippen LogP contribution in [0.2, 0.25) is 0 Å². The van der Waals surface area contributed by atoms with Crippen molar-refractivity contribution in [1.82, 2.24) is 14.8 Å². The minimum absolute atomic E-state index is 0.409. The molecule has 0 saturated carbocycles. The van der Waals surface area contributed by atoms with Gasteiger partial charge >= 0.3 is 0 Å². The van der Waals surface area contributed by atoms with Gasteiger partial charge in [-0.1, -0.05) is 0 Å². The van der Waals surface area contributed by atoms with Gasteiger partial charge in [-0.25, -0.2) is 4.68 Å². The SMILES string of the molecule is COc1ccc(C2C(C(N)=O)=C(C)Nc3ncnn32)c(OC)c1. The Bertz CT molecular complexity index is 796. The Morgan fingerprint density at radius 2 is 2.13 bits per heavy atom. The summed E-state index contributed by atoms with van der Waals surface area (Å²) in [6, 6.07) is 4.86. The number of methoxy groups -OCH3 is 2. The third-order valence-corrected chi connectivity index (χ3v) is 3.80. The second kappa shape index (κ2) is 5.64. The number of carbonyl (C=O) groups is 1. The molecule has 0 aliphatic carbocycles. The van der Waals surface area contributed by atoms with Crippen LogP contribution in [0.1, 0.15) is 18.5 Å². The zero-order valence-electron chi connectivity index (χ0n) is 13.0. The average Bonchev–Trinajstić information content (AvgIpc) is 3.00. The number of nitrogens with two attached hydrogens (primary N) is 1. The summed E-state index contributed by atoms with van der Waals surface area (Å²) in [6.07, 6.45) is 1.42. The van der Waals surface area contributed by atoms with Crippen molar-refractivity contribution >= 4 is 11.9 Å². The molecule has 0 radical (unpaired) electrons. The monoisotopic (exact) mass is 315 g/mol. The number of ether oxygens (including phenoxy) is 2. The molecule has 1 aliphatic rings. The Hall–Kier alpha value is -3.03. The molecule has 0 saturated heterocycles. The number of benzene rings is 1. The predicted molar refractivity (Wildman–Crippen MR) is 83.2 cm³/mol. The van der Waals surface area contributed by atoms with E-state index in [1.165, 1.54) is 6.33 Å². The zero-order valence-corrected chi connectivity index (χ0v) is 13.0. The molecule has 1 aromatic carbocycles. The highest BCUT2D eigenvalue weighted by atomic mass is 16.5. The van der Waals surface area contributed by atoms with Crippen molar-refractivity contribution in [3.8, 4) is 11.5 Å². The summed E-state index contributed by atoms with van der Waals surface area (Å²) in [5, 5.41) is 7.25. The van der Waals surface area contributed by atoms with Crippen molar-refractivity contribution in [1.29, 1.82) is 0 Å². The first-order valence-corrected chi connectivity index (χ1v) is 6.95. The molecule has 1 atom stereocenters. The maximum absolute atomic E-state index is 12.0. The Morgan fingerprint density at radius 3 is 2.78 bits per heavy atom. The first-order valence-electron chi connectivity index (χ1n) is 6.95. The lowest BCUT2D eigenvalue weighted by atomic mass is 9.94. The fourth-order valence-electron chi connectivity index (χ4n) is 2.74. The highest BCUT2D eigenvalue weighted by Gasteiger charge is 2.34. The van der Waals surface area contributed by atoms with Crippen molar-refractivity contribution in [2.45, 2.75) is 13.0 Å². The summed E-state index contributed by atoms with van der Waals surface area (Å²) >= 11 is 0. The van der Waals surface area contributed by atoms with Crippen LogP contribution in [-0.4, -0.2) is 34.9 Å². The van der Waals surface area contributed by atoms with E-state index in [-0.39, 0.29) is 0 Å². The molecule has 8 heteroatoms. The molecule has 2 heterocycles. The van der Waals surface area contributed by atoms with Crippen LogP contribution in [0.5, 0.6) is 11.5 Å². The van der Waals surface area contributed by atoms with Crippen LogP contribution in [0.4, 0.5) is 5.95 Å². The first kappa shape index (κ1) is 14.9. The third-order valence-electron chi connectivity index (χ3n) is 3.80. The Morgan fingerprint density at radius 1 is 1.35 bits per heavy atom. The highest BCUT2D eigenvalue weighted by molar-refractivity contribution is 5.95. The Labute approximate surface area is 132 Å². The van der Waals surface area contributed by atoms with Gasteiger partial charge in [0, 0.05) is 17.3 Å². The van der Waals surface area contributed by atoms with E-state index in [0.717, 1.165) is 5.56 Å². The molecule has 2 aromatic rings. The summed E-state index contributed by atoms with van der Waals surface area (Å²) in [5.41, 5.74) is 7.39. The van der Waals surface area contributed by atoms with Crippen molar-refractivity contribution in [3.05, 3.63) is 41.4 Å². The van der Waals surface area contributed by atoms with Gasteiger partial charge in [-0.05, 0) is 19.1 Å². The second-order valence-corrected chi connectivity index (χ2v) is 5.07. The number of nitrogens with zero attached hydrogens (tertiary/aromatic N) is 3. The number of primary amides is 1. The van der Waals surface area contributed by atoms with E-state index in [9.17, 15) is 4.79 Å². The van der Waals surface area contributed by atoms with Gasteiger partial charge in [0.25, 0.3) is 0 Å². The number of amides is 1. The van der Waals surface area contributed by atoms with Crippen molar-refractivity contribution < 1.29 is 14.3 Å². The number of carbonyl (C=O) groups excluding carboxylic acids is 1. The number of fused-ring (bicyclic) bond motifs is 1. The highest BCUT2D eigenvalue weighted by Crippen LogP contribution is 2.39. The number of anilines is 1. The first-order chi connectivity index (χ1) is 11.1. The van der Waals surface area contributed by atoms with Crippen LogP contribution < -0.4 is 20.5 Å². The van der Waals surface area contributed by atoms with Crippen molar-refractivity contribution in [2.75, 3.05) is 19.5 Å². The Kier molecular flexibility index (Phi) is 3.65. The van der Waals surface area contributed by atoms with Crippen LogP contribution in [0.25, 0.3) is 0 Å². The normalized spacial score (nSPS) is 16.6. The van der Waals surface area contributed by atoms with E-state index in [1.54, 1.807) is 38.0 Å². The van der Waals surface area contributed by atoms with E-state index >= 15 is 0 Å². The molecular formula is C15H17N5O3. The van der Waals surface area contributed by atoms with Crippen molar-refractivity contribution in [2.24, 2.45) is 5.73 Å². The quantitative estimate of drug-likeness (QED) is 0.874. The summed E-state index contributed by atoms with van der Waals surface area (Å²) in [4.78, 5) is 16.2. The smallest absolute Gasteiger partial charge is 0.248 e. The largest absolute Gasteiger partial charge is 0.497 e. The molecule has 23 heavy (non-hydrogen) atoms. The third kappa shape index (κ3) is 2.37. The number of aromatic nitrogens is 3. The van der Waals surface area contributed by atoms with E-state index in [4.69, 9.17) is 15.2 Å². The standard InChI is InChI=1S/C15H17N5O3/c1-8-12(14(16)21)13(20-15(19-8)17-7-18-20)10-5-4-9(22-2)6-11(10)23-3/h4-7,13H,1-3H3,(H2,16,21)(H,17,18,19). The lowest BCUT2D eigenvalue weighted by molar-refractivity contribution is -0.115. The molecule has 1 amide bonds. The molecule has 8 nitrogen and oxygen atoms in total. The molecule has 1 unspecified atom stereocenters. The summed E-state index contributed by atoms with van der Waals surface area (Å²) in [6.45, 7) is 1.78. The van der Waals surface area contributed by atoms with Crippen LogP contribution in [0.3, 0.4) is 0 Å². The number of hydrogen-bond donors (Lipinski definition) is 2. The van der Waals surface area contributed by atoms with Gasteiger partial charge in [0.2, 0.25) is 11.9 Å². The van der Waals surface area contributed by atoms with Gasteiger partial charge in [0.05, 0.1) is 19.8 Å². The van der Waals surface area contributed by atoms with Crippen molar-refractivity contribution in [3.63, 3.8) is 0 Å². The van der Waals surface area contributed by atoms with Gasteiger partial charge in [0.15, 0.2) is 0 Å². The zero-order chi connectivity index (χ0) is 16.6. The summed E-state index contributed by atoms with van der Waals surface area (Å²) in [5.74, 6) is 1.23. The summed E-state index contributed by atoms with van der Waals surface area (Å²) < 4.78 is 12.3. The number of allylic oxidation sites excluding steroid dienone is 1. The molecule has 1 aromatic heterocycles. The van der Waals surface area contributed by atoms with Crippen LogP contribution in [-0.2, 0) is 4.79 Å². The van der Waals surface area contributed by atoms with E-state index < -0.39 is 11.9 Å². The Balaban J connectivity index is 2.22. The molecule has 0 fully saturated rings. The van der Waals surface area contributed by atoms with E-state index in [0.29, 0.717) is 28.7 Å². The number of nitrogens with one attached hydrogen (secondary N) is 1. The summed E-state index contributed by atoms with van der Waals surface area (Å²) in [7, 11) is 3.13. The van der Waals surface area contributed by atoms with Crippen LogP contribution >= 0.6 is 0 Å². The number of hydrogen-bond acceptors (Lipinski definition) is 6.